The maximum atomic E-state index is 14.4. The Balaban J connectivity index is 1.42. The molecule has 0 spiro atoms. The second-order valence-corrected chi connectivity index (χ2v) is 11.6. The molecule has 2 unspecified atom stereocenters. The molecule has 2 amide bonds. The molecule has 2 aliphatic heterocycles. The lowest BCUT2D eigenvalue weighted by molar-refractivity contribution is 0.0643. The number of fused-ring (bicyclic) bond motifs is 13. The molecular weight excluding hydrogens is 512 g/mol. The Labute approximate surface area is 235 Å². The lowest BCUT2D eigenvalue weighted by Crippen LogP contribution is -2.31. The van der Waals surface area contributed by atoms with Crippen molar-refractivity contribution in [3.8, 4) is 5.75 Å². The first kappa shape index (κ1) is 23.1. The molecule has 7 nitrogen and oxygen atoms in total. The van der Waals surface area contributed by atoms with Crippen molar-refractivity contribution in [2.75, 3.05) is 14.2 Å². The summed E-state index contributed by atoms with van der Waals surface area (Å²) in [6, 6.07) is 25.2. The summed E-state index contributed by atoms with van der Waals surface area (Å²) in [6.45, 7) is 0.212. The van der Waals surface area contributed by atoms with Gasteiger partial charge in [0.05, 0.1) is 41.9 Å². The van der Waals surface area contributed by atoms with Crippen molar-refractivity contribution >= 4 is 55.4 Å². The van der Waals surface area contributed by atoms with E-state index < -0.39 is 0 Å². The first-order valence-electron chi connectivity index (χ1n) is 14.3. The molecule has 3 aliphatic rings. The SMILES string of the molecule is CN[C@H]1CC2CC1n1c3ccccc3c3c4c(c5c6ccccc6n2c5c31)C(=O)N(Cc1ccc(OC)cc1)C4=O. The van der Waals surface area contributed by atoms with Crippen LogP contribution in [0.1, 0.15) is 51.2 Å². The minimum atomic E-state index is -0.220. The molecule has 0 saturated heterocycles. The third-order valence-electron chi connectivity index (χ3n) is 9.78. The smallest absolute Gasteiger partial charge is 0.262 e. The summed E-state index contributed by atoms with van der Waals surface area (Å²) in [4.78, 5) is 30.3. The van der Waals surface area contributed by atoms with Crippen LogP contribution >= 0.6 is 0 Å². The number of nitrogens with zero attached hydrogens (tertiary/aromatic N) is 3. The average Bonchev–Trinajstić information content (AvgIpc) is 3.70. The van der Waals surface area contributed by atoms with Crippen LogP contribution in [-0.4, -0.2) is 46.0 Å². The van der Waals surface area contributed by atoms with Gasteiger partial charge in [0.1, 0.15) is 5.75 Å². The van der Waals surface area contributed by atoms with Gasteiger partial charge in [0.15, 0.2) is 0 Å². The fourth-order valence-corrected chi connectivity index (χ4v) is 8.11. The number of carbonyl (C=O) groups is 2. The molecule has 0 radical (unpaired) electrons. The van der Waals surface area contributed by atoms with E-state index in [1.807, 2.05) is 36.4 Å². The van der Waals surface area contributed by atoms with Gasteiger partial charge >= 0.3 is 0 Å². The third kappa shape index (κ3) is 2.77. The Morgan fingerprint density at radius 3 is 1.98 bits per heavy atom. The monoisotopic (exact) mass is 540 g/mol. The molecule has 41 heavy (non-hydrogen) atoms. The maximum Gasteiger partial charge on any atom is 0.262 e. The van der Waals surface area contributed by atoms with E-state index in [-0.39, 0.29) is 24.4 Å². The number of para-hydroxylation sites is 2. The summed E-state index contributed by atoms with van der Waals surface area (Å²) in [5.74, 6) is 0.302. The van der Waals surface area contributed by atoms with Gasteiger partial charge in [-0.2, -0.15) is 0 Å². The predicted octanol–water partition coefficient (Wildman–Crippen LogP) is 6.18. The number of carbonyl (C=O) groups excluding carboxylic acids is 2. The minimum Gasteiger partial charge on any atom is -0.497 e. The Hall–Kier alpha value is -4.62. The minimum absolute atomic E-state index is 0.212. The van der Waals surface area contributed by atoms with Crippen LogP contribution in [0.5, 0.6) is 5.75 Å². The van der Waals surface area contributed by atoms with Crippen molar-refractivity contribution in [1.82, 2.24) is 19.4 Å². The third-order valence-corrected chi connectivity index (χ3v) is 9.78. The topological polar surface area (TPSA) is 68.5 Å². The maximum absolute atomic E-state index is 14.4. The van der Waals surface area contributed by atoms with Crippen molar-refractivity contribution < 1.29 is 14.3 Å². The molecule has 202 valence electrons. The van der Waals surface area contributed by atoms with Gasteiger partial charge in [-0.3, -0.25) is 14.5 Å². The molecule has 9 rings (SSSR count). The number of hydrogen-bond acceptors (Lipinski definition) is 4. The number of nitrogens with one attached hydrogen (secondary N) is 1. The normalized spacial score (nSPS) is 21.2. The second kappa shape index (κ2) is 7.98. The zero-order valence-electron chi connectivity index (χ0n) is 22.8. The first-order chi connectivity index (χ1) is 20.1. The molecule has 6 aromatic rings. The predicted molar refractivity (Wildman–Crippen MR) is 160 cm³/mol. The number of likely N-dealkylation sites (N-methyl/N-ethyl adjacent to an activating group) is 1. The van der Waals surface area contributed by atoms with Crippen molar-refractivity contribution in [2.45, 2.75) is 37.5 Å². The summed E-state index contributed by atoms with van der Waals surface area (Å²) in [5.41, 5.74) is 6.39. The Bertz CT molecular complexity index is 2120. The van der Waals surface area contributed by atoms with Gasteiger partial charge in [-0.15, -0.1) is 0 Å². The molecule has 2 bridgehead atoms. The van der Waals surface area contributed by atoms with E-state index in [2.05, 4.69) is 57.9 Å². The van der Waals surface area contributed by atoms with Gasteiger partial charge < -0.3 is 19.2 Å². The Morgan fingerprint density at radius 1 is 0.780 bits per heavy atom. The summed E-state index contributed by atoms with van der Waals surface area (Å²) in [6.07, 6.45) is 2.01. The molecule has 3 atom stereocenters. The van der Waals surface area contributed by atoms with Crippen LogP contribution in [0.3, 0.4) is 0 Å². The van der Waals surface area contributed by atoms with Gasteiger partial charge in [0, 0.05) is 44.7 Å². The van der Waals surface area contributed by atoms with E-state index in [1.54, 1.807) is 7.11 Å². The van der Waals surface area contributed by atoms with Crippen LogP contribution in [-0.2, 0) is 6.54 Å². The average molecular weight is 541 g/mol. The lowest BCUT2D eigenvalue weighted by Gasteiger charge is -2.23. The van der Waals surface area contributed by atoms with E-state index in [4.69, 9.17) is 4.74 Å². The number of imide groups is 1. The number of hydrogen-bond donors (Lipinski definition) is 1. The van der Waals surface area contributed by atoms with E-state index in [0.29, 0.717) is 23.2 Å². The molecule has 7 heteroatoms. The summed E-state index contributed by atoms with van der Waals surface area (Å²) >= 11 is 0. The lowest BCUT2D eigenvalue weighted by atomic mass is 9.96. The van der Waals surface area contributed by atoms with E-state index >= 15 is 0 Å². The molecule has 1 fully saturated rings. The second-order valence-electron chi connectivity index (χ2n) is 11.6. The van der Waals surface area contributed by atoms with Gasteiger partial charge in [0.25, 0.3) is 11.8 Å². The summed E-state index contributed by atoms with van der Waals surface area (Å²) in [5, 5.41) is 7.49. The first-order valence-corrected chi connectivity index (χ1v) is 14.3. The Kier molecular flexibility index (Phi) is 4.50. The van der Waals surface area contributed by atoms with Crippen LogP contribution in [0.25, 0.3) is 43.6 Å². The molecule has 1 saturated carbocycles. The number of aromatic nitrogens is 2. The van der Waals surface area contributed by atoms with Crippen molar-refractivity contribution in [3.05, 3.63) is 89.5 Å². The molecule has 1 N–H and O–H groups in total. The molecule has 2 aromatic heterocycles. The van der Waals surface area contributed by atoms with E-state index in [1.165, 1.54) is 4.90 Å². The van der Waals surface area contributed by atoms with Crippen molar-refractivity contribution in [3.63, 3.8) is 0 Å². The van der Waals surface area contributed by atoms with Gasteiger partial charge in [-0.1, -0.05) is 48.5 Å². The summed E-state index contributed by atoms with van der Waals surface area (Å²) in [7, 11) is 3.68. The highest BCUT2D eigenvalue weighted by atomic mass is 16.5. The quantitative estimate of drug-likeness (QED) is 0.271. The molecular formula is C34H28N4O3. The highest BCUT2D eigenvalue weighted by Gasteiger charge is 2.46. The number of ether oxygens (including phenoxy) is 1. The highest BCUT2D eigenvalue weighted by molar-refractivity contribution is 6.39. The largest absolute Gasteiger partial charge is 0.497 e. The molecule has 4 heterocycles. The summed E-state index contributed by atoms with van der Waals surface area (Å²) < 4.78 is 10.3. The van der Waals surface area contributed by atoms with E-state index in [9.17, 15) is 9.59 Å². The van der Waals surface area contributed by atoms with Crippen LogP contribution < -0.4 is 10.1 Å². The standard InChI is InChI=1S/C34H28N4O3/c1-35-23-15-19-16-26(23)38-25-10-6-4-8-22(25)28-30-29(27-21-7-3-5-9-24(21)37(19)31(27)32(28)38)33(39)36(34(30)40)17-18-11-13-20(41-2)14-12-18/h3-14,19,23,26,35H,15-17H2,1-2H3/t19?,23-,26?/m0/s1. The number of rotatable bonds is 4. The number of methoxy groups -OCH3 is 1. The van der Waals surface area contributed by atoms with Crippen LogP contribution in [0.4, 0.5) is 0 Å². The molecule has 4 aromatic carbocycles. The fourth-order valence-electron chi connectivity index (χ4n) is 8.11. The van der Waals surface area contributed by atoms with Gasteiger partial charge in [-0.05, 0) is 49.7 Å². The highest BCUT2D eigenvalue weighted by Crippen LogP contribution is 2.54. The van der Waals surface area contributed by atoms with Gasteiger partial charge in [-0.25, -0.2) is 0 Å². The fraction of sp³-hybridized carbons (Fsp3) is 0.235. The molecule has 1 aliphatic carbocycles. The van der Waals surface area contributed by atoms with E-state index in [0.717, 1.165) is 67.8 Å². The van der Waals surface area contributed by atoms with Crippen molar-refractivity contribution in [1.29, 1.82) is 0 Å². The zero-order chi connectivity index (χ0) is 27.6. The number of benzene rings is 4. The Morgan fingerprint density at radius 2 is 1.37 bits per heavy atom. The van der Waals surface area contributed by atoms with Gasteiger partial charge in [0.2, 0.25) is 0 Å². The zero-order valence-corrected chi connectivity index (χ0v) is 22.8. The number of amides is 2. The van der Waals surface area contributed by atoms with Crippen LogP contribution in [0.15, 0.2) is 72.8 Å². The van der Waals surface area contributed by atoms with Crippen LogP contribution in [0, 0.1) is 0 Å². The van der Waals surface area contributed by atoms with Crippen molar-refractivity contribution in [2.24, 2.45) is 0 Å². The van der Waals surface area contributed by atoms with Crippen LogP contribution in [0.2, 0.25) is 0 Å².